The van der Waals surface area contributed by atoms with Gasteiger partial charge in [0.25, 0.3) is 5.56 Å². The minimum atomic E-state index is -0.155. The number of H-pyrrole nitrogens is 3. The van der Waals surface area contributed by atoms with Crippen molar-refractivity contribution in [2.75, 3.05) is 17.7 Å². The van der Waals surface area contributed by atoms with Crippen LogP contribution in [0.4, 0.5) is 23.3 Å². The maximum Gasteiger partial charge on any atom is 0.271 e. The second-order valence-electron chi connectivity index (χ2n) is 6.71. The van der Waals surface area contributed by atoms with E-state index in [1.54, 1.807) is 13.2 Å². The van der Waals surface area contributed by atoms with Gasteiger partial charge in [0, 0.05) is 24.2 Å². The van der Waals surface area contributed by atoms with Gasteiger partial charge in [-0.05, 0) is 30.3 Å². The van der Waals surface area contributed by atoms with Crippen molar-refractivity contribution >= 4 is 45.1 Å². The van der Waals surface area contributed by atoms with E-state index in [0.717, 1.165) is 22.3 Å². The van der Waals surface area contributed by atoms with Crippen molar-refractivity contribution in [2.24, 2.45) is 0 Å². The molecule has 0 aliphatic heterocycles. The summed E-state index contributed by atoms with van der Waals surface area (Å²) in [6, 6.07) is 15.0. The number of anilines is 4. The van der Waals surface area contributed by atoms with Crippen LogP contribution in [-0.4, -0.2) is 37.5 Å². The van der Waals surface area contributed by atoms with Crippen molar-refractivity contribution in [2.45, 2.75) is 6.61 Å². The van der Waals surface area contributed by atoms with Crippen molar-refractivity contribution in [3.63, 3.8) is 0 Å². The fourth-order valence-electron chi connectivity index (χ4n) is 3.25. The maximum atomic E-state index is 11.7. The molecular weight excluding hydrogens is 384 g/mol. The summed E-state index contributed by atoms with van der Waals surface area (Å²) in [5, 5.41) is 20.5. The molecule has 0 amide bonds. The van der Waals surface area contributed by atoms with E-state index in [-0.39, 0.29) is 5.56 Å². The van der Waals surface area contributed by atoms with Crippen LogP contribution in [0.2, 0.25) is 0 Å². The lowest BCUT2D eigenvalue weighted by Crippen LogP contribution is -2.02. The molecule has 0 atom stereocenters. The standard InChI is InChI=1S/C20H18N8O2/c1-30-10-12-9-17(27-25-12)23-18-13-4-2-3-5-15(13)22-20(24-18)21-11-6-7-14-16(8-11)26-28-19(14)29/h2-9H,10H2,1H3,(H2,26,28,29)(H3,21,22,23,24,25,27). The summed E-state index contributed by atoms with van der Waals surface area (Å²) in [4.78, 5) is 20.9. The van der Waals surface area contributed by atoms with Crippen LogP contribution < -0.4 is 16.2 Å². The number of nitrogens with zero attached hydrogens (tertiary/aromatic N) is 3. The number of hydrogen-bond donors (Lipinski definition) is 5. The molecule has 0 saturated heterocycles. The molecule has 0 aliphatic rings. The number of ether oxygens (including phenoxy) is 1. The van der Waals surface area contributed by atoms with Crippen molar-refractivity contribution in [1.82, 2.24) is 30.4 Å². The van der Waals surface area contributed by atoms with Gasteiger partial charge in [0.15, 0.2) is 0 Å². The zero-order valence-corrected chi connectivity index (χ0v) is 16.0. The zero-order chi connectivity index (χ0) is 20.5. The third-order valence-corrected chi connectivity index (χ3v) is 4.61. The molecule has 3 heterocycles. The van der Waals surface area contributed by atoms with Gasteiger partial charge < -0.3 is 15.4 Å². The number of benzene rings is 2. The predicted octanol–water partition coefficient (Wildman–Crippen LogP) is 3.16. The second-order valence-corrected chi connectivity index (χ2v) is 6.71. The first kappa shape index (κ1) is 17.9. The summed E-state index contributed by atoms with van der Waals surface area (Å²) in [7, 11) is 1.62. The minimum absolute atomic E-state index is 0.155. The van der Waals surface area contributed by atoms with E-state index < -0.39 is 0 Å². The highest BCUT2D eigenvalue weighted by Gasteiger charge is 2.11. The number of nitrogens with one attached hydrogen (secondary N) is 5. The average Bonchev–Trinajstić information content (AvgIpc) is 3.34. The lowest BCUT2D eigenvalue weighted by atomic mass is 10.2. The van der Waals surface area contributed by atoms with E-state index in [4.69, 9.17) is 4.74 Å². The van der Waals surface area contributed by atoms with Crippen LogP contribution >= 0.6 is 0 Å². The number of hydrogen-bond acceptors (Lipinski definition) is 7. The topological polar surface area (TPSA) is 136 Å². The first-order valence-corrected chi connectivity index (χ1v) is 9.24. The highest BCUT2D eigenvalue weighted by molar-refractivity contribution is 5.92. The Kier molecular flexibility index (Phi) is 4.37. The minimum Gasteiger partial charge on any atom is -0.378 e. The summed E-state index contributed by atoms with van der Waals surface area (Å²) in [5.41, 5.74) is 2.86. The number of methoxy groups -OCH3 is 1. The van der Waals surface area contributed by atoms with E-state index in [0.29, 0.717) is 35.1 Å². The molecule has 3 aromatic heterocycles. The maximum absolute atomic E-state index is 11.7. The Bertz CT molecular complexity index is 1400. The van der Waals surface area contributed by atoms with E-state index >= 15 is 0 Å². The molecule has 2 aromatic carbocycles. The Balaban J connectivity index is 1.50. The van der Waals surface area contributed by atoms with Crippen LogP contribution in [0.25, 0.3) is 21.8 Å². The van der Waals surface area contributed by atoms with E-state index in [9.17, 15) is 4.79 Å². The molecular formula is C20H18N8O2. The smallest absolute Gasteiger partial charge is 0.271 e. The number of aromatic nitrogens is 6. The Hall–Kier alpha value is -4.18. The predicted molar refractivity (Wildman–Crippen MR) is 114 cm³/mol. The highest BCUT2D eigenvalue weighted by Crippen LogP contribution is 2.26. The normalized spacial score (nSPS) is 11.2. The molecule has 0 fully saturated rings. The number of rotatable bonds is 6. The summed E-state index contributed by atoms with van der Waals surface area (Å²) >= 11 is 0. The van der Waals surface area contributed by atoms with E-state index in [2.05, 4.69) is 41.0 Å². The molecule has 0 saturated carbocycles. The summed E-state index contributed by atoms with van der Waals surface area (Å²) in [6.07, 6.45) is 0. The van der Waals surface area contributed by atoms with Crippen molar-refractivity contribution in [3.8, 4) is 0 Å². The van der Waals surface area contributed by atoms with Crippen LogP contribution in [0, 0.1) is 0 Å². The number of aromatic amines is 3. The monoisotopic (exact) mass is 402 g/mol. The Morgan fingerprint density at radius 1 is 1.00 bits per heavy atom. The van der Waals surface area contributed by atoms with Crippen molar-refractivity contribution in [3.05, 3.63) is 64.6 Å². The quantitative estimate of drug-likeness (QED) is 0.294. The van der Waals surface area contributed by atoms with Crippen LogP contribution in [-0.2, 0) is 11.3 Å². The number of fused-ring (bicyclic) bond motifs is 2. The molecule has 0 bridgehead atoms. The Labute approximate surface area is 169 Å². The molecule has 10 nitrogen and oxygen atoms in total. The van der Waals surface area contributed by atoms with Crippen LogP contribution in [0.1, 0.15) is 5.69 Å². The number of para-hydroxylation sites is 1. The van der Waals surface area contributed by atoms with E-state index in [1.807, 2.05) is 42.5 Å². The van der Waals surface area contributed by atoms with Crippen molar-refractivity contribution in [1.29, 1.82) is 0 Å². The van der Waals surface area contributed by atoms with Gasteiger partial charge >= 0.3 is 0 Å². The van der Waals surface area contributed by atoms with Gasteiger partial charge in [-0.25, -0.2) is 4.98 Å². The van der Waals surface area contributed by atoms with Gasteiger partial charge in [-0.3, -0.25) is 20.1 Å². The lowest BCUT2D eigenvalue weighted by molar-refractivity contribution is 0.181. The summed E-state index contributed by atoms with van der Waals surface area (Å²) in [5.74, 6) is 1.75. The molecule has 0 unspecified atom stereocenters. The van der Waals surface area contributed by atoms with Gasteiger partial charge in [-0.15, -0.1) is 0 Å². The molecule has 5 N–H and O–H groups in total. The Morgan fingerprint density at radius 3 is 2.80 bits per heavy atom. The molecule has 150 valence electrons. The van der Waals surface area contributed by atoms with Gasteiger partial charge in [0.2, 0.25) is 5.95 Å². The highest BCUT2D eigenvalue weighted by atomic mass is 16.5. The van der Waals surface area contributed by atoms with Crippen LogP contribution in [0.3, 0.4) is 0 Å². The van der Waals surface area contributed by atoms with Crippen LogP contribution in [0.15, 0.2) is 53.3 Å². The molecule has 5 rings (SSSR count). The largest absolute Gasteiger partial charge is 0.378 e. The SMILES string of the molecule is COCc1cc(Nc2nc(Nc3ccc4c(=O)[nH][nH]c4c3)nc3ccccc23)[nH]n1. The summed E-state index contributed by atoms with van der Waals surface area (Å²) < 4.78 is 5.11. The van der Waals surface area contributed by atoms with E-state index in [1.165, 1.54) is 0 Å². The molecule has 5 aromatic rings. The molecule has 0 aliphatic carbocycles. The zero-order valence-electron chi connectivity index (χ0n) is 16.0. The first-order valence-electron chi connectivity index (χ1n) is 9.24. The third-order valence-electron chi connectivity index (χ3n) is 4.61. The fourth-order valence-corrected chi connectivity index (χ4v) is 3.25. The van der Waals surface area contributed by atoms with Crippen molar-refractivity contribution < 1.29 is 4.74 Å². The Morgan fingerprint density at radius 2 is 1.90 bits per heavy atom. The average molecular weight is 402 g/mol. The fraction of sp³-hybridized carbons (Fsp3) is 0.100. The molecule has 0 radical (unpaired) electrons. The van der Waals surface area contributed by atoms with Gasteiger partial charge in [0.1, 0.15) is 11.6 Å². The molecule has 10 heteroatoms. The van der Waals surface area contributed by atoms with Gasteiger partial charge in [-0.1, -0.05) is 12.1 Å². The van der Waals surface area contributed by atoms with Gasteiger partial charge in [0.05, 0.1) is 28.7 Å². The van der Waals surface area contributed by atoms with Gasteiger partial charge in [-0.2, -0.15) is 10.1 Å². The molecule has 30 heavy (non-hydrogen) atoms. The van der Waals surface area contributed by atoms with Crippen LogP contribution in [0.5, 0.6) is 0 Å². The first-order chi connectivity index (χ1) is 14.7. The lowest BCUT2D eigenvalue weighted by Gasteiger charge is -2.11. The summed E-state index contributed by atoms with van der Waals surface area (Å²) in [6.45, 7) is 0.416. The third kappa shape index (κ3) is 3.35. The molecule has 0 spiro atoms. The second kappa shape index (κ2) is 7.33.